The maximum Gasteiger partial charge on any atom is 0.254 e. The largest absolute Gasteiger partial charge is 0.313 e. The van der Waals surface area contributed by atoms with Crippen molar-refractivity contribution in [3.8, 4) is 0 Å². The summed E-state index contributed by atoms with van der Waals surface area (Å²) in [5.74, 6) is -0.705. The number of hydrogen-bond acceptors (Lipinski definition) is 6. The third-order valence-electron chi connectivity index (χ3n) is 7.64. The quantitative estimate of drug-likeness (QED) is 0.463. The lowest BCUT2D eigenvalue weighted by molar-refractivity contribution is -0.139. The Hall–Kier alpha value is -2.78. The molecule has 0 aliphatic carbocycles. The number of hydrogen-bond donors (Lipinski definition) is 0. The van der Waals surface area contributed by atoms with Crippen molar-refractivity contribution in [3.05, 3.63) is 94.8 Å². The zero-order valence-electron chi connectivity index (χ0n) is 19.7. The maximum atomic E-state index is 14.7. The summed E-state index contributed by atoms with van der Waals surface area (Å²) in [6.45, 7) is 0.803. The number of halogens is 1. The molecule has 0 radical (unpaired) electrons. The van der Waals surface area contributed by atoms with Gasteiger partial charge in [0.05, 0.1) is 6.54 Å². The van der Waals surface area contributed by atoms with Gasteiger partial charge in [0.15, 0.2) is 5.54 Å². The second kappa shape index (κ2) is 8.38. The zero-order valence-corrected chi connectivity index (χ0v) is 22.1. The Bertz CT molecular complexity index is 1410. The van der Waals surface area contributed by atoms with Crippen molar-refractivity contribution in [1.29, 1.82) is 0 Å². The molecule has 4 heterocycles. The number of carbonyl (C=O) groups excluding carboxylic acids is 2. The van der Waals surface area contributed by atoms with Crippen LogP contribution >= 0.6 is 35.6 Å². The number of likely N-dealkylation sites (N-methyl/N-ethyl adjacent to an activating group) is 2. The predicted molar refractivity (Wildman–Crippen MR) is 146 cm³/mol. The van der Waals surface area contributed by atoms with E-state index >= 15 is 0 Å². The summed E-state index contributed by atoms with van der Waals surface area (Å²) in [5, 5.41) is 0.514. The van der Waals surface area contributed by atoms with Gasteiger partial charge in [0, 0.05) is 47.7 Å². The van der Waals surface area contributed by atoms with Gasteiger partial charge >= 0.3 is 0 Å². The summed E-state index contributed by atoms with van der Waals surface area (Å²) in [6.07, 6.45) is 1.73. The lowest BCUT2D eigenvalue weighted by atomic mass is 9.72. The molecule has 2 spiro atoms. The number of thioether (sulfide) groups is 1. The molecule has 2 aromatic carbocycles. The van der Waals surface area contributed by atoms with Crippen LogP contribution in [-0.4, -0.2) is 56.3 Å². The predicted octanol–water partition coefficient (Wildman–Crippen LogP) is 4.44. The number of aromatic nitrogens is 1. The second-order valence-electron chi connectivity index (χ2n) is 9.40. The summed E-state index contributed by atoms with van der Waals surface area (Å²) >= 11 is 13.7. The fourth-order valence-corrected chi connectivity index (χ4v) is 8.40. The summed E-state index contributed by atoms with van der Waals surface area (Å²) in [4.78, 5) is 39.0. The van der Waals surface area contributed by atoms with Crippen LogP contribution in [0.2, 0.25) is 5.02 Å². The third-order valence-corrected chi connectivity index (χ3v) is 9.82. The van der Waals surface area contributed by atoms with Gasteiger partial charge in [0.2, 0.25) is 5.91 Å². The Balaban J connectivity index is 1.60. The van der Waals surface area contributed by atoms with Crippen LogP contribution in [-0.2, 0) is 21.7 Å². The number of thiocarbonyl (C=S) groups is 1. The minimum Gasteiger partial charge on any atom is -0.313 e. The first-order chi connectivity index (χ1) is 17.3. The van der Waals surface area contributed by atoms with E-state index < -0.39 is 10.3 Å². The molecular weight excluding hydrogens is 512 g/mol. The van der Waals surface area contributed by atoms with Crippen LogP contribution in [0.15, 0.2) is 72.9 Å². The molecule has 0 N–H and O–H groups in total. The number of likely N-dealkylation sites (tertiary alicyclic amines) is 1. The second-order valence-corrected chi connectivity index (χ2v) is 11.7. The summed E-state index contributed by atoms with van der Waals surface area (Å²) < 4.78 is -0.783. The fourth-order valence-electron chi connectivity index (χ4n) is 6.12. The number of anilines is 1. The average Bonchev–Trinajstić information content (AvgIpc) is 3.38. The van der Waals surface area contributed by atoms with E-state index in [2.05, 4.69) is 4.98 Å². The molecule has 3 atom stereocenters. The number of carbonyl (C=O) groups is 2. The molecule has 182 valence electrons. The van der Waals surface area contributed by atoms with Gasteiger partial charge in [0.1, 0.15) is 9.07 Å². The Morgan fingerprint density at radius 3 is 2.53 bits per heavy atom. The Morgan fingerprint density at radius 2 is 1.81 bits per heavy atom. The molecule has 9 heteroatoms. The topological polar surface area (TPSA) is 56.8 Å². The fraction of sp³-hybridized carbons (Fsp3) is 0.259. The third kappa shape index (κ3) is 2.96. The molecule has 0 unspecified atom stereocenters. The molecule has 6 nitrogen and oxygen atoms in total. The smallest absolute Gasteiger partial charge is 0.254 e. The van der Waals surface area contributed by atoms with Gasteiger partial charge in [-0.15, -0.1) is 0 Å². The number of pyridine rings is 1. The molecule has 0 bridgehead atoms. The van der Waals surface area contributed by atoms with Gasteiger partial charge in [-0.25, -0.2) is 0 Å². The molecule has 3 aliphatic heterocycles. The van der Waals surface area contributed by atoms with Crippen LogP contribution in [0.3, 0.4) is 0 Å². The minimum absolute atomic E-state index is 0.161. The van der Waals surface area contributed by atoms with E-state index in [1.165, 1.54) is 11.8 Å². The summed E-state index contributed by atoms with van der Waals surface area (Å²) in [6, 6.07) is 20.9. The van der Waals surface area contributed by atoms with E-state index in [-0.39, 0.29) is 17.7 Å². The van der Waals surface area contributed by atoms with E-state index in [1.54, 1.807) is 29.1 Å². The van der Waals surface area contributed by atoms with Gasteiger partial charge < -0.3 is 4.90 Å². The highest BCUT2D eigenvalue weighted by Crippen LogP contribution is 2.66. The first-order valence-electron chi connectivity index (χ1n) is 11.6. The first kappa shape index (κ1) is 23.6. The van der Waals surface area contributed by atoms with Crippen molar-refractivity contribution in [1.82, 2.24) is 14.8 Å². The summed E-state index contributed by atoms with van der Waals surface area (Å²) in [7, 11) is 3.66. The van der Waals surface area contributed by atoms with Gasteiger partial charge in [-0.05, 0) is 42.9 Å². The van der Waals surface area contributed by atoms with Crippen LogP contribution in [0.25, 0.3) is 0 Å². The molecule has 2 fully saturated rings. The van der Waals surface area contributed by atoms with Crippen LogP contribution in [0.5, 0.6) is 0 Å². The van der Waals surface area contributed by atoms with E-state index in [0.29, 0.717) is 22.4 Å². The van der Waals surface area contributed by atoms with Gasteiger partial charge in [-0.1, -0.05) is 72.0 Å². The van der Waals surface area contributed by atoms with E-state index in [4.69, 9.17) is 23.8 Å². The summed E-state index contributed by atoms with van der Waals surface area (Å²) in [5.41, 5.74) is 1.92. The molecule has 3 aromatic rings. The van der Waals surface area contributed by atoms with Gasteiger partial charge in [-0.2, -0.15) is 0 Å². The van der Waals surface area contributed by atoms with Gasteiger partial charge in [-0.3, -0.25) is 24.4 Å². The van der Waals surface area contributed by atoms with Crippen LogP contribution in [0, 0.1) is 0 Å². The Morgan fingerprint density at radius 1 is 1.06 bits per heavy atom. The highest BCUT2D eigenvalue weighted by atomic mass is 35.5. The number of benzene rings is 2. The highest BCUT2D eigenvalue weighted by molar-refractivity contribution is 8.25. The van der Waals surface area contributed by atoms with Crippen molar-refractivity contribution in [2.75, 3.05) is 25.5 Å². The van der Waals surface area contributed by atoms with E-state index in [9.17, 15) is 9.59 Å². The number of fused-ring (bicyclic) bond motifs is 3. The number of rotatable bonds is 3. The Labute approximate surface area is 224 Å². The molecule has 36 heavy (non-hydrogen) atoms. The van der Waals surface area contributed by atoms with E-state index in [1.807, 2.05) is 72.6 Å². The van der Waals surface area contributed by atoms with Crippen LogP contribution < -0.4 is 4.90 Å². The van der Waals surface area contributed by atoms with Gasteiger partial charge in [0.25, 0.3) is 5.91 Å². The lowest BCUT2D eigenvalue weighted by Gasteiger charge is -2.42. The number of amides is 2. The molecular formula is C27H23ClN4O2S2. The maximum absolute atomic E-state index is 14.7. The van der Waals surface area contributed by atoms with Crippen molar-refractivity contribution in [3.63, 3.8) is 0 Å². The number of nitrogens with zero attached hydrogens (tertiary/aromatic N) is 4. The van der Waals surface area contributed by atoms with Crippen molar-refractivity contribution in [2.24, 2.45) is 0 Å². The highest BCUT2D eigenvalue weighted by Gasteiger charge is 2.78. The van der Waals surface area contributed by atoms with Crippen molar-refractivity contribution in [2.45, 2.75) is 22.7 Å². The molecule has 0 saturated carbocycles. The average molecular weight is 535 g/mol. The molecule has 2 saturated heterocycles. The lowest BCUT2D eigenvalue weighted by Crippen LogP contribution is -2.62. The van der Waals surface area contributed by atoms with E-state index in [0.717, 1.165) is 22.5 Å². The Kier molecular flexibility index (Phi) is 5.50. The SMILES string of the molecule is CN1C(=O)[C@]2(c3cc(Cl)ccc31)N(C)C[C@@H](c1ccccn1)[C@]21SC(=S)N(Cc2ccccc2)C1=O. The minimum atomic E-state index is -1.29. The molecule has 6 rings (SSSR count). The molecule has 3 aliphatic rings. The van der Waals surface area contributed by atoms with Crippen molar-refractivity contribution >= 4 is 57.4 Å². The van der Waals surface area contributed by atoms with Crippen LogP contribution in [0.4, 0.5) is 5.69 Å². The van der Waals surface area contributed by atoms with Crippen LogP contribution in [0.1, 0.15) is 22.7 Å². The zero-order chi connectivity index (χ0) is 25.2. The first-order valence-corrected chi connectivity index (χ1v) is 13.2. The molecule has 2 amide bonds. The molecule has 1 aromatic heterocycles. The van der Waals surface area contributed by atoms with Crippen molar-refractivity contribution < 1.29 is 9.59 Å². The monoisotopic (exact) mass is 534 g/mol. The normalized spacial score (nSPS) is 27.6. The standard InChI is InChI=1S/C27H23ClN4O2S2/c1-30-16-20(21-10-6-7-13-29-21)27(24(34)32(25(35)36-27)15-17-8-4-3-5-9-17)26(30)19-14-18(28)11-12-22(19)31(2)23(26)33/h3-14,20H,15-16H2,1-2H3/t20-,26-,27+/m0/s1.